The molecular weight excluding hydrogens is 296 g/mol. The molecule has 5 nitrogen and oxygen atoms in total. The quantitative estimate of drug-likeness (QED) is 0.834. The van der Waals surface area contributed by atoms with Gasteiger partial charge < -0.3 is 4.74 Å². The van der Waals surface area contributed by atoms with Crippen LogP contribution in [0.15, 0.2) is 21.7 Å². The van der Waals surface area contributed by atoms with Gasteiger partial charge in [0.25, 0.3) is 10.0 Å². The number of morpholine rings is 1. The number of nitrogens with zero attached hydrogens (tertiary/aromatic N) is 2. The summed E-state index contributed by atoms with van der Waals surface area (Å²) in [6.45, 7) is 5.81. The normalized spacial score (nSPS) is 26.1. The zero-order chi connectivity index (χ0) is 14.0. The van der Waals surface area contributed by atoms with Crippen molar-refractivity contribution in [2.24, 2.45) is 5.92 Å². The van der Waals surface area contributed by atoms with E-state index in [1.54, 1.807) is 16.4 Å². The monoisotopic (exact) mass is 316 g/mol. The molecule has 0 N–H and O–H groups in total. The first-order valence-corrected chi connectivity index (χ1v) is 9.32. The molecule has 112 valence electrons. The summed E-state index contributed by atoms with van der Waals surface area (Å²) in [5.74, 6) is 0.447. The highest BCUT2D eigenvalue weighted by Gasteiger charge is 2.33. The number of hydrogen-bond acceptors (Lipinski definition) is 5. The average molecular weight is 316 g/mol. The van der Waals surface area contributed by atoms with Crippen molar-refractivity contribution >= 4 is 21.4 Å². The number of ether oxygens (including phenoxy) is 1. The van der Waals surface area contributed by atoms with E-state index in [0.29, 0.717) is 23.2 Å². The molecule has 1 aromatic heterocycles. The molecule has 0 bridgehead atoms. The van der Waals surface area contributed by atoms with Crippen molar-refractivity contribution in [2.75, 3.05) is 45.9 Å². The van der Waals surface area contributed by atoms with Crippen LogP contribution in [0.3, 0.4) is 0 Å². The SMILES string of the molecule is O=S(=O)(c1cccs1)N1CC[C@H](CN2CCOCC2)C1. The Morgan fingerprint density at radius 2 is 2.10 bits per heavy atom. The van der Waals surface area contributed by atoms with Gasteiger partial charge in [-0.05, 0) is 23.8 Å². The molecule has 3 heterocycles. The van der Waals surface area contributed by atoms with Crippen LogP contribution < -0.4 is 0 Å². The van der Waals surface area contributed by atoms with E-state index < -0.39 is 10.0 Å². The minimum Gasteiger partial charge on any atom is -0.379 e. The molecule has 0 aromatic carbocycles. The van der Waals surface area contributed by atoms with E-state index in [0.717, 1.165) is 39.3 Å². The molecule has 2 aliphatic rings. The van der Waals surface area contributed by atoms with Crippen LogP contribution in [0.1, 0.15) is 6.42 Å². The van der Waals surface area contributed by atoms with E-state index in [1.165, 1.54) is 11.3 Å². The number of sulfonamides is 1. The van der Waals surface area contributed by atoms with Crippen molar-refractivity contribution in [1.29, 1.82) is 0 Å². The summed E-state index contributed by atoms with van der Waals surface area (Å²) < 4.78 is 32.3. The van der Waals surface area contributed by atoms with Crippen molar-refractivity contribution < 1.29 is 13.2 Å². The minimum absolute atomic E-state index is 0.447. The zero-order valence-corrected chi connectivity index (χ0v) is 13.0. The van der Waals surface area contributed by atoms with Crippen LogP contribution in [0.2, 0.25) is 0 Å². The van der Waals surface area contributed by atoms with Crippen LogP contribution in [0.4, 0.5) is 0 Å². The maximum atomic E-state index is 12.4. The Morgan fingerprint density at radius 1 is 1.30 bits per heavy atom. The molecule has 1 atom stereocenters. The third-order valence-electron chi connectivity index (χ3n) is 3.96. The second-order valence-corrected chi connectivity index (χ2v) is 8.48. The Bertz CT molecular complexity index is 524. The Balaban J connectivity index is 1.59. The molecule has 1 aromatic rings. The number of hydrogen-bond donors (Lipinski definition) is 0. The van der Waals surface area contributed by atoms with Gasteiger partial charge in [0.2, 0.25) is 0 Å². The maximum Gasteiger partial charge on any atom is 0.252 e. The average Bonchev–Trinajstić information content (AvgIpc) is 3.11. The number of thiophene rings is 1. The molecule has 0 radical (unpaired) electrons. The van der Waals surface area contributed by atoms with Crippen LogP contribution in [-0.4, -0.2) is 63.6 Å². The molecular formula is C13H20N2O3S2. The summed E-state index contributed by atoms with van der Waals surface area (Å²) in [5, 5.41) is 1.81. The fraction of sp³-hybridized carbons (Fsp3) is 0.692. The van der Waals surface area contributed by atoms with Crippen LogP contribution in [0, 0.1) is 5.92 Å². The molecule has 0 spiro atoms. The van der Waals surface area contributed by atoms with Gasteiger partial charge in [-0.1, -0.05) is 6.07 Å². The summed E-state index contributed by atoms with van der Waals surface area (Å²) in [6.07, 6.45) is 0.960. The molecule has 7 heteroatoms. The highest BCUT2D eigenvalue weighted by atomic mass is 32.2. The van der Waals surface area contributed by atoms with Gasteiger partial charge in [0, 0.05) is 32.7 Å². The van der Waals surface area contributed by atoms with Gasteiger partial charge in [0.05, 0.1) is 13.2 Å². The van der Waals surface area contributed by atoms with Gasteiger partial charge >= 0.3 is 0 Å². The van der Waals surface area contributed by atoms with Gasteiger partial charge in [-0.2, -0.15) is 4.31 Å². The van der Waals surface area contributed by atoms with Crippen molar-refractivity contribution in [3.63, 3.8) is 0 Å². The maximum absolute atomic E-state index is 12.4. The Morgan fingerprint density at radius 3 is 2.80 bits per heavy atom. The zero-order valence-electron chi connectivity index (χ0n) is 11.4. The second-order valence-electron chi connectivity index (χ2n) is 5.36. The standard InChI is InChI=1S/C13H20N2O3S2/c16-20(17,13-2-1-9-19-13)15-4-3-12(11-15)10-14-5-7-18-8-6-14/h1-2,9,12H,3-8,10-11H2/t12-/m1/s1. The first-order valence-electron chi connectivity index (χ1n) is 7.00. The highest BCUT2D eigenvalue weighted by Crippen LogP contribution is 2.27. The molecule has 0 amide bonds. The lowest BCUT2D eigenvalue weighted by atomic mass is 10.1. The van der Waals surface area contributed by atoms with Gasteiger partial charge in [-0.15, -0.1) is 11.3 Å². The van der Waals surface area contributed by atoms with E-state index in [2.05, 4.69) is 4.90 Å². The van der Waals surface area contributed by atoms with Crippen molar-refractivity contribution in [3.8, 4) is 0 Å². The minimum atomic E-state index is -3.26. The third-order valence-corrected chi connectivity index (χ3v) is 7.20. The summed E-state index contributed by atoms with van der Waals surface area (Å²) in [4.78, 5) is 2.38. The molecule has 2 saturated heterocycles. The largest absolute Gasteiger partial charge is 0.379 e. The predicted molar refractivity (Wildman–Crippen MR) is 78.4 cm³/mol. The van der Waals surface area contributed by atoms with Gasteiger partial charge in [0.15, 0.2) is 0 Å². The topological polar surface area (TPSA) is 49.9 Å². The van der Waals surface area contributed by atoms with Gasteiger partial charge in [-0.25, -0.2) is 8.42 Å². The van der Waals surface area contributed by atoms with Crippen LogP contribution >= 0.6 is 11.3 Å². The van der Waals surface area contributed by atoms with Crippen molar-refractivity contribution in [3.05, 3.63) is 17.5 Å². The summed E-state index contributed by atoms with van der Waals surface area (Å²) in [7, 11) is -3.26. The van der Waals surface area contributed by atoms with Gasteiger partial charge in [0.1, 0.15) is 4.21 Å². The van der Waals surface area contributed by atoms with E-state index in [4.69, 9.17) is 4.74 Å². The number of rotatable bonds is 4. The van der Waals surface area contributed by atoms with E-state index in [-0.39, 0.29) is 0 Å². The predicted octanol–water partition coefficient (Wildman–Crippen LogP) is 1.09. The van der Waals surface area contributed by atoms with Gasteiger partial charge in [-0.3, -0.25) is 4.90 Å². The van der Waals surface area contributed by atoms with E-state index in [1.807, 2.05) is 5.38 Å². The lowest BCUT2D eigenvalue weighted by Crippen LogP contribution is -2.40. The summed E-state index contributed by atoms with van der Waals surface area (Å²) in [6, 6.07) is 3.48. The fourth-order valence-corrected chi connectivity index (χ4v) is 5.53. The van der Waals surface area contributed by atoms with Crippen LogP contribution in [0.25, 0.3) is 0 Å². The molecule has 0 unspecified atom stereocenters. The molecule has 0 aliphatic carbocycles. The lowest BCUT2D eigenvalue weighted by molar-refractivity contribution is 0.0316. The van der Waals surface area contributed by atoms with Crippen LogP contribution in [-0.2, 0) is 14.8 Å². The molecule has 0 saturated carbocycles. The molecule has 20 heavy (non-hydrogen) atoms. The van der Waals surface area contributed by atoms with E-state index in [9.17, 15) is 8.42 Å². The van der Waals surface area contributed by atoms with Crippen LogP contribution in [0.5, 0.6) is 0 Å². The van der Waals surface area contributed by atoms with Crippen molar-refractivity contribution in [2.45, 2.75) is 10.6 Å². The smallest absolute Gasteiger partial charge is 0.252 e. The first-order chi connectivity index (χ1) is 9.66. The van der Waals surface area contributed by atoms with E-state index >= 15 is 0 Å². The second kappa shape index (κ2) is 6.11. The first kappa shape index (κ1) is 14.5. The summed E-state index contributed by atoms with van der Waals surface area (Å²) in [5.41, 5.74) is 0. The Hall–Kier alpha value is -0.470. The Kier molecular flexibility index (Phi) is 4.42. The summed E-state index contributed by atoms with van der Waals surface area (Å²) >= 11 is 1.30. The molecule has 2 fully saturated rings. The highest BCUT2D eigenvalue weighted by molar-refractivity contribution is 7.91. The third kappa shape index (κ3) is 3.07. The van der Waals surface area contributed by atoms with Crippen molar-refractivity contribution in [1.82, 2.24) is 9.21 Å². The lowest BCUT2D eigenvalue weighted by Gasteiger charge is -2.28. The Labute approximate surface area is 124 Å². The molecule has 3 rings (SSSR count). The fourth-order valence-electron chi connectivity index (χ4n) is 2.85. The molecule has 2 aliphatic heterocycles.